The van der Waals surface area contributed by atoms with Crippen LogP contribution >= 0.6 is 22.6 Å². The van der Waals surface area contributed by atoms with Crippen molar-refractivity contribution in [1.29, 1.82) is 0 Å². The van der Waals surface area contributed by atoms with Crippen molar-refractivity contribution < 1.29 is 0 Å². The summed E-state index contributed by atoms with van der Waals surface area (Å²) in [5.74, 6) is 0. The zero-order valence-electron chi connectivity index (χ0n) is 8.81. The average Bonchev–Trinajstić information content (AvgIpc) is 2.85. The Labute approximate surface area is 111 Å². The van der Waals surface area contributed by atoms with Crippen LogP contribution in [-0.2, 0) is 0 Å². The molecule has 0 atom stereocenters. The van der Waals surface area contributed by atoms with E-state index < -0.39 is 0 Å². The smallest absolute Gasteiger partial charge is 0.144 e. The molecule has 0 fully saturated rings. The van der Waals surface area contributed by atoms with E-state index in [0.717, 1.165) is 26.0 Å². The number of aromatic amines is 1. The zero-order valence-corrected chi connectivity index (χ0v) is 11.0. The maximum atomic E-state index is 4.69. The van der Waals surface area contributed by atoms with Crippen LogP contribution in [-0.4, -0.2) is 14.4 Å². The van der Waals surface area contributed by atoms with Gasteiger partial charge in [0.1, 0.15) is 16.8 Å². The lowest BCUT2D eigenvalue weighted by Gasteiger charge is -1.96. The molecule has 0 aliphatic carbocycles. The second kappa shape index (κ2) is 3.22. The Kier molecular flexibility index (Phi) is 1.80. The van der Waals surface area contributed by atoms with Crippen LogP contribution in [0.3, 0.4) is 0 Å². The summed E-state index contributed by atoms with van der Waals surface area (Å²) in [7, 11) is 0. The van der Waals surface area contributed by atoms with Crippen LogP contribution in [0.4, 0.5) is 0 Å². The Morgan fingerprint density at radius 1 is 1.06 bits per heavy atom. The predicted octanol–water partition coefficient (Wildman–Crippen LogP) is 3.57. The first-order valence-corrected chi connectivity index (χ1v) is 6.46. The van der Waals surface area contributed by atoms with Gasteiger partial charge in [0.25, 0.3) is 0 Å². The minimum atomic E-state index is 0.990. The quantitative estimate of drug-likeness (QED) is 0.387. The molecule has 0 spiro atoms. The number of imidazole rings is 1. The fraction of sp³-hybridized carbons (Fsp3) is 0. The van der Waals surface area contributed by atoms with Crippen molar-refractivity contribution in [2.24, 2.45) is 0 Å². The van der Waals surface area contributed by atoms with E-state index in [1.807, 2.05) is 24.3 Å². The van der Waals surface area contributed by atoms with E-state index in [0.29, 0.717) is 0 Å². The molecule has 0 saturated heterocycles. The number of H-pyrrole nitrogens is 1. The summed E-state index contributed by atoms with van der Waals surface area (Å²) in [5, 5.41) is 1.18. The summed E-state index contributed by atoms with van der Waals surface area (Å²) in [4.78, 5) is 8.13. The van der Waals surface area contributed by atoms with Gasteiger partial charge in [-0.15, -0.1) is 0 Å². The highest BCUT2D eigenvalue weighted by Gasteiger charge is 2.11. The number of para-hydroxylation sites is 1. The summed E-state index contributed by atoms with van der Waals surface area (Å²) < 4.78 is 3.31. The van der Waals surface area contributed by atoms with E-state index in [2.05, 4.69) is 50.2 Å². The molecule has 0 unspecified atom stereocenters. The van der Waals surface area contributed by atoms with E-state index in [9.17, 15) is 0 Å². The van der Waals surface area contributed by atoms with Crippen LogP contribution in [0.25, 0.3) is 27.7 Å². The minimum absolute atomic E-state index is 0.990. The zero-order chi connectivity index (χ0) is 11.4. The monoisotopic (exact) mass is 333 g/mol. The van der Waals surface area contributed by atoms with Gasteiger partial charge in [-0.2, -0.15) is 0 Å². The van der Waals surface area contributed by atoms with Crippen molar-refractivity contribution in [3.05, 3.63) is 46.2 Å². The Bertz CT molecular complexity index is 857. The van der Waals surface area contributed by atoms with Crippen molar-refractivity contribution >= 4 is 50.3 Å². The molecular weight excluding hydrogens is 325 g/mol. The molecule has 17 heavy (non-hydrogen) atoms. The number of halogens is 1. The molecule has 0 bridgehead atoms. The summed E-state index contributed by atoms with van der Waals surface area (Å²) in [6, 6.07) is 14.4. The lowest BCUT2D eigenvalue weighted by atomic mass is 10.2. The fourth-order valence-corrected chi connectivity index (χ4v) is 2.98. The van der Waals surface area contributed by atoms with Crippen molar-refractivity contribution in [2.45, 2.75) is 0 Å². The third kappa shape index (κ3) is 1.18. The van der Waals surface area contributed by atoms with Crippen molar-refractivity contribution in [1.82, 2.24) is 14.4 Å². The van der Waals surface area contributed by atoms with Gasteiger partial charge in [0.05, 0.1) is 3.70 Å². The van der Waals surface area contributed by atoms with Crippen molar-refractivity contribution in [3.63, 3.8) is 0 Å². The van der Waals surface area contributed by atoms with E-state index in [4.69, 9.17) is 4.98 Å². The van der Waals surface area contributed by atoms with E-state index in [-0.39, 0.29) is 0 Å². The van der Waals surface area contributed by atoms with E-state index in [1.165, 1.54) is 5.39 Å². The molecule has 0 aliphatic heterocycles. The molecule has 3 nitrogen and oxygen atoms in total. The highest BCUT2D eigenvalue weighted by Crippen LogP contribution is 2.26. The number of nitrogens with one attached hydrogen (secondary N) is 1. The molecule has 0 amide bonds. The number of pyridine rings is 1. The Hall–Kier alpha value is -1.56. The number of hydrogen-bond donors (Lipinski definition) is 1. The molecule has 4 rings (SSSR count). The number of benzene rings is 1. The fourth-order valence-electron chi connectivity index (χ4n) is 2.28. The number of rotatable bonds is 0. The number of nitrogens with zero attached hydrogens (tertiary/aromatic N) is 2. The van der Waals surface area contributed by atoms with Crippen LogP contribution < -0.4 is 0 Å². The molecule has 4 aromatic rings. The summed E-state index contributed by atoms with van der Waals surface area (Å²) in [6.07, 6.45) is 0. The standard InChI is InChI=1S/C13H8IN3/c14-10-6-3-7-11-16-12-8-4-1-2-5-9(8)15-13(12)17(10)11/h1-7,15H. The first-order valence-electron chi connectivity index (χ1n) is 5.38. The molecule has 3 aromatic heterocycles. The molecule has 0 radical (unpaired) electrons. The van der Waals surface area contributed by atoms with Gasteiger partial charge in [0.2, 0.25) is 0 Å². The van der Waals surface area contributed by atoms with E-state index in [1.54, 1.807) is 0 Å². The van der Waals surface area contributed by atoms with Crippen LogP contribution in [0, 0.1) is 3.70 Å². The van der Waals surface area contributed by atoms with Gasteiger partial charge in [0.15, 0.2) is 0 Å². The molecule has 3 heterocycles. The van der Waals surface area contributed by atoms with Crippen molar-refractivity contribution in [2.75, 3.05) is 0 Å². The summed E-state index contributed by atoms with van der Waals surface area (Å²) in [5.41, 5.74) is 4.25. The van der Waals surface area contributed by atoms with Gasteiger partial charge in [-0.05, 0) is 40.8 Å². The van der Waals surface area contributed by atoms with Crippen LogP contribution in [0.1, 0.15) is 0 Å². The minimum Gasteiger partial charge on any atom is -0.339 e. The van der Waals surface area contributed by atoms with Gasteiger partial charge in [-0.1, -0.05) is 24.3 Å². The molecule has 4 heteroatoms. The third-order valence-corrected chi connectivity index (χ3v) is 3.87. The van der Waals surface area contributed by atoms with Gasteiger partial charge in [-0.3, -0.25) is 4.40 Å². The van der Waals surface area contributed by atoms with Crippen LogP contribution in [0.5, 0.6) is 0 Å². The molecule has 82 valence electrons. The Morgan fingerprint density at radius 3 is 2.88 bits per heavy atom. The highest BCUT2D eigenvalue weighted by atomic mass is 127. The van der Waals surface area contributed by atoms with Gasteiger partial charge in [0, 0.05) is 10.9 Å². The van der Waals surface area contributed by atoms with Gasteiger partial charge in [-0.25, -0.2) is 4.98 Å². The Morgan fingerprint density at radius 2 is 1.94 bits per heavy atom. The number of fused-ring (bicyclic) bond motifs is 5. The summed E-state index contributed by atoms with van der Waals surface area (Å²) >= 11 is 2.33. The molecule has 1 aromatic carbocycles. The largest absolute Gasteiger partial charge is 0.339 e. The molecule has 0 saturated carbocycles. The number of hydrogen-bond acceptors (Lipinski definition) is 1. The van der Waals surface area contributed by atoms with Gasteiger partial charge >= 0.3 is 0 Å². The van der Waals surface area contributed by atoms with Crippen LogP contribution in [0.2, 0.25) is 0 Å². The first-order chi connectivity index (χ1) is 8.34. The lowest BCUT2D eigenvalue weighted by molar-refractivity contribution is 1.15. The molecule has 1 N–H and O–H groups in total. The second-order valence-electron chi connectivity index (χ2n) is 4.02. The maximum absolute atomic E-state index is 4.69. The SMILES string of the molecule is Ic1cccc2nc3c4ccccc4[nH]c3n12. The highest BCUT2D eigenvalue weighted by molar-refractivity contribution is 14.1. The topological polar surface area (TPSA) is 33.1 Å². The third-order valence-electron chi connectivity index (χ3n) is 3.03. The normalized spacial score (nSPS) is 11.8. The molecular formula is C13H8IN3. The Balaban J connectivity index is 2.35. The maximum Gasteiger partial charge on any atom is 0.144 e. The predicted molar refractivity (Wildman–Crippen MR) is 77.3 cm³/mol. The van der Waals surface area contributed by atoms with Crippen LogP contribution in [0.15, 0.2) is 42.5 Å². The van der Waals surface area contributed by atoms with E-state index >= 15 is 0 Å². The summed E-state index contributed by atoms with van der Waals surface area (Å²) in [6.45, 7) is 0. The average molecular weight is 333 g/mol. The lowest BCUT2D eigenvalue weighted by Crippen LogP contribution is -1.89. The van der Waals surface area contributed by atoms with Gasteiger partial charge < -0.3 is 4.98 Å². The van der Waals surface area contributed by atoms with Crippen molar-refractivity contribution in [3.8, 4) is 0 Å². The number of aromatic nitrogens is 3. The molecule has 0 aliphatic rings. The second-order valence-corrected chi connectivity index (χ2v) is 5.13. The first kappa shape index (κ1) is 9.47.